The average molecular weight is 382 g/mol. The van der Waals surface area contributed by atoms with Crippen LogP contribution in [-0.2, 0) is 23.2 Å². The molecule has 0 saturated carbocycles. The molecule has 2 aliphatic rings. The standard InChI is InChI=1S/C20H22N4O4/c1-20(27,12-5-4-10-2-3-11(10)8-12)16-14(25)15(26)19(28-16)24-7-6-13-17(21)22-9-23-18(13)24/h4-9,14-16,19,25-27H,2-3H2,1H3,(H2,21,22,23)/t14-,15+,16-,19+,20?/m0/s1. The Balaban J connectivity index is 1.50. The molecule has 0 bridgehead atoms. The van der Waals surface area contributed by atoms with Gasteiger partial charge in [0, 0.05) is 6.20 Å². The van der Waals surface area contributed by atoms with Gasteiger partial charge >= 0.3 is 0 Å². The second kappa shape index (κ2) is 5.99. The normalized spacial score (nSPS) is 28.7. The highest BCUT2D eigenvalue weighted by molar-refractivity contribution is 5.86. The van der Waals surface area contributed by atoms with Crippen LogP contribution in [0.5, 0.6) is 0 Å². The molecule has 1 saturated heterocycles. The first-order valence-corrected chi connectivity index (χ1v) is 9.31. The van der Waals surface area contributed by atoms with Crippen LogP contribution in [0.2, 0.25) is 0 Å². The number of fused-ring (bicyclic) bond motifs is 2. The number of hydrogen-bond donors (Lipinski definition) is 4. The van der Waals surface area contributed by atoms with Gasteiger partial charge in [0.25, 0.3) is 0 Å². The number of hydrogen-bond acceptors (Lipinski definition) is 7. The molecule has 1 aliphatic carbocycles. The van der Waals surface area contributed by atoms with Crippen molar-refractivity contribution < 1.29 is 20.1 Å². The largest absolute Gasteiger partial charge is 0.387 e. The first-order valence-electron chi connectivity index (χ1n) is 9.31. The minimum atomic E-state index is -1.48. The van der Waals surface area contributed by atoms with Crippen LogP contribution in [0, 0.1) is 0 Å². The zero-order valence-corrected chi connectivity index (χ0v) is 15.4. The van der Waals surface area contributed by atoms with E-state index in [-0.39, 0.29) is 0 Å². The number of rotatable bonds is 3. The van der Waals surface area contributed by atoms with Crippen LogP contribution >= 0.6 is 0 Å². The summed E-state index contributed by atoms with van der Waals surface area (Å²) in [4.78, 5) is 8.17. The molecule has 1 fully saturated rings. The van der Waals surface area contributed by atoms with Crippen molar-refractivity contribution in [3.05, 3.63) is 53.5 Å². The smallest absolute Gasteiger partial charge is 0.164 e. The Morgan fingerprint density at radius 3 is 2.64 bits per heavy atom. The van der Waals surface area contributed by atoms with E-state index in [2.05, 4.69) is 9.97 Å². The van der Waals surface area contributed by atoms with Crippen LogP contribution in [0.15, 0.2) is 36.8 Å². The molecule has 3 aromatic rings. The summed E-state index contributed by atoms with van der Waals surface area (Å²) >= 11 is 0. The molecule has 28 heavy (non-hydrogen) atoms. The van der Waals surface area contributed by atoms with Crippen LogP contribution in [0.3, 0.4) is 0 Å². The number of aliphatic hydroxyl groups is 3. The first kappa shape index (κ1) is 17.6. The summed E-state index contributed by atoms with van der Waals surface area (Å²) < 4.78 is 7.60. The molecular formula is C20H22N4O4. The van der Waals surface area contributed by atoms with Gasteiger partial charge in [-0.3, -0.25) is 0 Å². The number of aromatic nitrogens is 3. The Labute approximate surface area is 161 Å². The number of ether oxygens (including phenoxy) is 1. The fourth-order valence-electron chi connectivity index (χ4n) is 4.22. The van der Waals surface area contributed by atoms with Crippen molar-refractivity contribution in [2.24, 2.45) is 0 Å². The van der Waals surface area contributed by atoms with Gasteiger partial charge in [-0.15, -0.1) is 0 Å². The van der Waals surface area contributed by atoms with Crippen LogP contribution in [0.4, 0.5) is 5.82 Å². The van der Waals surface area contributed by atoms with Gasteiger partial charge < -0.3 is 30.4 Å². The molecule has 0 radical (unpaired) electrons. The maximum Gasteiger partial charge on any atom is 0.164 e. The Hall–Kier alpha value is -2.52. The van der Waals surface area contributed by atoms with Gasteiger partial charge in [-0.1, -0.05) is 18.2 Å². The van der Waals surface area contributed by atoms with Crippen LogP contribution < -0.4 is 5.73 Å². The minimum absolute atomic E-state index is 0.322. The van der Waals surface area contributed by atoms with Gasteiger partial charge in [-0.05, 0) is 42.5 Å². The van der Waals surface area contributed by atoms with Gasteiger partial charge in [-0.25, -0.2) is 9.97 Å². The predicted octanol–water partition coefficient (Wildman–Crippen LogP) is 0.639. The zero-order chi connectivity index (χ0) is 19.6. The van der Waals surface area contributed by atoms with E-state index < -0.39 is 30.1 Å². The van der Waals surface area contributed by atoms with Crippen molar-refractivity contribution in [1.82, 2.24) is 14.5 Å². The third kappa shape index (κ3) is 2.39. The second-order valence-corrected chi connectivity index (χ2v) is 7.78. The molecule has 1 unspecified atom stereocenters. The van der Waals surface area contributed by atoms with E-state index in [9.17, 15) is 15.3 Å². The number of nitrogen functional groups attached to an aromatic ring is 1. The SMILES string of the molecule is CC(O)(c1ccc2c(c1)CC2)[C@H]1O[C@@H](n2ccc3c(N)ncnc32)[C@H](O)[C@@H]1O. The van der Waals surface area contributed by atoms with Crippen molar-refractivity contribution >= 4 is 16.9 Å². The van der Waals surface area contributed by atoms with E-state index in [0.29, 0.717) is 22.4 Å². The third-order valence-corrected chi connectivity index (χ3v) is 6.06. The number of anilines is 1. The highest BCUT2D eigenvalue weighted by Crippen LogP contribution is 2.41. The van der Waals surface area contributed by atoms with Crippen molar-refractivity contribution in [3.8, 4) is 0 Å². The highest BCUT2D eigenvalue weighted by atomic mass is 16.6. The number of aryl methyl sites for hydroxylation is 2. The lowest BCUT2D eigenvalue weighted by Crippen LogP contribution is -2.45. The molecule has 5 atom stereocenters. The summed E-state index contributed by atoms with van der Waals surface area (Å²) in [7, 11) is 0. The minimum Gasteiger partial charge on any atom is -0.387 e. The molecule has 0 spiro atoms. The van der Waals surface area contributed by atoms with Crippen molar-refractivity contribution in [2.45, 2.75) is 49.9 Å². The molecule has 146 valence electrons. The second-order valence-electron chi connectivity index (χ2n) is 7.78. The van der Waals surface area contributed by atoms with Crippen LogP contribution in [0.1, 0.15) is 29.8 Å². The molecule has 8 heteroatoms. The first-order chi connectivity index (χ1) is 13.4. The number of nitrogens with zero attached hydrogens (tertiary/aromatic N) is 3. The lowest BCUT2D eigenvalue weighted by atomic mass is 9.81. The molecule has 1 aromatic carbocycles. The monoisotopic (exact) mass is 382 g/mol. The maximum atomic E-state index is 11.2. The fraction of sp³-hybridized carbons (Fsp3) is 0.400. The molecular weight excluding hydrogens is 360 g/mol. The Morgan fingerprint density at radius 2 is 1.93 bits per heavy atom. The molecule has 5 rings (SSSR count). The summed E-state index contributed by atoms with van der Waals surface area (Å²) in [6, 6.07) is 7.53. The number of benzene rings is 1. The van der Waals surface area contributed by atoms with Gasteiger partial charge in [-0.2, -0.15) is 0 Å². The average Bonchev–Trinajstić information content (AvgIpc) is 3.19. The van der Waals surface area contributed by atoms with Gasteiger partial charge in [0.2, 0.25) is 0 Å². The zero-order valence-electron chi connectivity index (χ0n) is 15.4. The lowest BCUT2D eigenvalue weighted by molar-refractivity contribution is -0.135. The van der Waals surface area contributed by atoms with E-state index in [1.165, 1.54) is 17.5 Å². The number of nitrogens with two attached hydrogens (primary N) is 1. The predicted molar refractivity (Wildman–Crippen MR) is 101 cm³/mol. The number of aliphatic hydroxyl groups excluding tert-OH is 2. The van der Waals surface area contributed by atoms with E-state index in [1.54, 1.807) is 23.8 Å². The summed E-state index contributed by atoms with van der Waals surface area (Å²) in [6.07, 6.45) is 0.603. The van der Waals surface area contributed by atoms with E-state index in [1.807, 2.05) is 18.2 Å². The summed E-state index contributed by atoms with van der Waals surface area (Å²) in [6.45, 7) is 1.60. The summed E-state index contributed by atoms with van der Waals surface area (Å²) in [5.74, 6) is 0.322. The molecule has 8 nitrogen and oxygen atoms in total. The molecule has 2 aromatic heterocycles. The van der Waals surface area contributed by atoms with E-state index in [0.717, 1.165) is 12.8 Å². The Bertz CT molecular complexity index is 1060. The maximum absolute atomic E-state index is 11.2. The Kier molecular flexibility index (Phi) is 3.76. The lowest BCUT2D eigenvalue weighted by Gasteiger charge is -2.33. The summed E-state index contributed by atoms with van der Waals surface area (Å²) in [5.41, 5.74) is 8.03. The van der Waals surface area contributed by atoms with Crippen molar-refractivity contribution in [3.63, 3.8) is 0 Å². The fourth-order valence-corrected chi connectivity index (χ4v) is 4.22. The quantitative estimate of drug-likeness (QED) is 0.523. The molecule has 1 aliphatic heterocycles. The van der Waals surface area contributed by atoms with Crippen LogP contribution in [0.25, 0.3) is 11.0 Å². The topological polar surface area (TPSA) is 127 Å². The van der Waals surface area contributed by atoms with Crippen molar-refractivity contribution in [2.75, 3.05) is 5.73 Å². The third-order valence-electron chi connectivity index (χ3n) is 6.06. The van der Waals surface area contributed by atoms with Crippen molar-refractivity contribution in [1.29, 1.82) is 0 Å². The van der Waals surface area contributed by atoms with Gasteiger partial charge in [0.15, 0.2) is 6.23 Å². The highest BCUT2D eigenvalue weighted by Gasteiger charge is 2.52. The molecule has 3 heterocycles. The molecule has 5 N–H and O–H groups in total. The van der Waals surface area contributed by atoms with Gasteiger partial charge in [0.05, 0.1) is 5.39 Å². The van der Waals surface area contributed by atoms with Crippen LogP contribution in [-0.4, -0.2) is 48.2 Å². The summed E-state index contributed by atoms with van der Waals surface area (Å²) in [5, 5.41) is 33.2. The Morgan fingerprint density at radius 1 is 1.14 bits per heavy atom. The molecule has 0 amide bonds. The van der Waals surface area contributed by atoms with E-state index in [4.69, 9.17) is 10.5 Å². The van der Waals surface area contributed by atoms with Gasteiger partial charge in [0.1, 0.15) is 41.7 Å². The van der Waals surface area contributed by atoms with E-state index >= 15 is 0 Å².